The van der Waals surface area contributed by atoms with Crippen LogP contribution >= 0.6 is 0 Å². The van der Waals surface area contributed by atoms with E-state index < -0.39 is 9.84 Å². The molecule has 1 aromatic carbocycles. The van der Waals surface area contributed by atoms with Gasteiger partial charge in [0.1, 0.15) is 5.75 Å². The lowest BCUT2D eigenvalue weighted by molar-refractivity contribution is 0.414. The van der Waals surface area contributed by atoms with E-state index in [-0.39, 0.29) is 5.25 Å². The second-order valence-electron chi connectivity index (χ2n) is 3.44. The fraction of sp³-hybridized carbons (Fsp3) is 0.455. The van der Waals surface area contributed by atoms with Crippen molar-refractivity contribution in [3.63, 3.8) is 0 Å². The number of methoxy groups -OCH3 is 1. The third-order valence-electron chi connectivity index (χ3n) is 2.49. The summed E-state index contributed by atoms with van der Waals surface area (Å²) in [6, 6.07) is 6.49. The van der Waals surface area contributed by atoms with E-state index in [1.165, 1.54) is 0 Å². The number of hydrogen-bond donors (Lipinski definition) is 0. The molecule has 0 aromatic heterocycles. The van der Waals surface area contributed by atoms with Crippen LogP contribution in [0.3, 0.4) is 0 Å². The molecule has 84 valence electrons. The molecule has 0 bridgehead atoms. The molecule has 0 spiro atoms. The third-order valence-corrected chi connectivity index (χ3v) is 4.81. The van der Waals surface area contributed by atoms with Crippen LogP contribution in [0.15, 0.2) is 29.2 Å². The molecule has 0 heterocycles. The molecule has 3 nitrogen and oxygen atoms in total. The van der Waals surface area contributed by atoms with Crippen molar-refractivity contribution < 1.29 is 13.2 Å². The minimum Gasteiger partial charge on any atom is -0.497 e. The monoisotopic (exact) mass is 228 g/mol. The van der Waals surface area contributed by atoms with Gasteiger partial charge in [-0.2, -0.15) is 0 Å². The third kappa shape index (κ3) is 2.50. The van der Waals surface area contributed by atoms with E-state index >= 15 is 0 Å². The van der Waals surface area contributed by atoms with Crippen molar-refractivity contribution >= 4 is 9.84 Å². The summed E-state index contributed by atoms with van der Waals surface area (Å²) in [5.41, 5.74) is 0. The fourth-order valence-corrected chi connectivity index (χ4v) is 2.64. The quantitative estimate of drug-likeness (QED) is 0.794. The fourth-order valence-electron chi connectivity index (χ4n) is 1.22. The highest BCUT2D eigenvalue weighted by atomic mass is 32.2. The Bertz CT molecular complexity index is 406. The van der Waals surface area contributed by atoms with Gasteiger partial charge >= 0.3 is 0 Å². The Morgan fingerprint density at radius 1 is 1.27 bits per heavy atom. The first kappa shape index (κ1) is 12.0. The van der Waals surface area contributed by atoms with Crippen LogP contribution in [0.25, 0.3) is 0 Å². The SMILES string of the molecule is CCC(C)S(=O)(=O)c1ccc(OC)cc1. The van der Waals surface area contributed by atoms with E-state index in [1.54, 1.807) is 38.3 Å². The minimum absolute atomic E-state index is 0.342. The lowest BCUT2D eigenvalue weighted by atomic mass is 10.3. The molecular weight excluding hydrogens is 212 g/mol. The van der Waals surface area contributed by atoms with Gasteiger partial charge in [-0.3, -0.25) is 0 Å². The Labute approximate surface area is 91.0 Å². The maximum Gasteiger partial charge on any atom is 0.180 e. The lowest BCUT2D eigenvalue weighted by Gasteiger charge is -2.10. The summed E-state index contributed by atoms with van der Waals surface area (Å²) in [6.45, 7) is 3.59. The van der Waals surface area contributed by atoms with Crippen molar-refractivity contribution in [1.29, 1.82) is 0 Å². The van der Waals surface area contributed by atoms with E-state index in [0.29, 0.717) is 17.1 Å². The van der Waals surface area contributed by atoms with Gasteiger partial charge in [0.25, 0.3) is 0 Å². The molecule has 1 aromatic rings. The second kappa shape index (κ2) is 4.66. The summed E-state index contributed by atoms with van der Waals surface area (Å²) < 4.78 is 28.8. The largest absolute Gasteiger partial charge is 0.497 e. The number of ether oxygens (including phenoxy) is 1. The summed E-state index contributed by atoms with van der Waals surface area (Å²) in [6.07, 6.45) is 0.619. The van der Waals surface area contributed by atoms with E-state index in [4.69, 9.17) is 4.74 Å². The first-order chi connectivity index (χ1) is 7.02. The van der Waals surface area contributed by atoms with Crippen LogP contribution in [-0.4, -0.2) is 20.8 Å². The molecule has 1 atom stereocenters. The molecule has 0 saturated carbocycles. The molecule has 0 saturated heterocycles. The molecule has 4 heteroatoms. The highest BCUT2D eigenvalue weighted by Gasteiger charge is 2.21. The predicted octanol–water partition coefficient (Wildman–Crippen LogP) is 2.27. The summed E-state index contributed by atoms with van der Waals surface area (Å²) in [5.74, 6) is 0.665. The molecule has 0 aliphatic heterocycles. The summed E-state index contributed by atoms with van der Waals surface area (Å²) in [7, 11) is -1.62. The zero-order chi connectivity index (χ0) is 11.5. The smallest absolute Gasteiger partial charge is 0.180 e. The van der Waals surface area contributed by atoms with Crippen molar-refractivity contribution in [2.45, 2.75) is 30.4 Å². The highest BCUT2D eigenvalue weighted by Crippen LogP contribution is 2.20. The number of hydrogen-bond acceptors (Lipinski definition) is 3. The van der Waals surface area contributed by atoms with Gasteiger partial charge in [0, 0.05) is 0 Å². The Balaban J connectivity index is 3.06. The van der Waals surface area contributed by atoms with Gasteiger partial charge in [-0.15, -0.1) is 0 Å². The maximum absolute atomic E-state index is 11.9. The first-order valence-electron chi connectivity index (χ1n) is 4.90. The van der Waals surface area contributed by atoms with Crippen LogP contribution in [0.5, 0.6) is 5.75 Å². The lowest BCUT2D eigenvalue weighted by Crippen LogP contribution is -2.16. The molecule has 0 aliphatic carbocycles. The molecular formula is C11H16O3S. The maximum atomic E-state index is 11.9. The molecule has 0 radical (unpaired) electrons. The molecule has 0 N–H and O–H groups in total. The Morgan fingerprint density at radius 3 is 2.20 bits per heavy atom. The van der Waals surface area contributed by atoms with Crippen molar-refractivity contribution in [2.75, 3.05) is 7.11 Å². The second-order valence-corrected chi connectivity index (χ2v) is 5.81. The summed E-state index contributed by atoms with van der Waals surface area (Å²) >= 11 is 0. The summed E-state index contributed by atoms with van der Waals surface area (Å²) in [4.78, 5) is 0.359. The van der Waals surface area contributed by atoms with Crippen LogP contribution in [0, 0.1) is 0 Å². The van der Waals surface area contributed by atoms with Gasteiger partial charge in [-0.05, 0) is 37.6 Å². The predicted molar refractivity (Wildman–Crippen MR) is 59.9 cm³/mol. The number of sulfone groups is 1. The number of benzene rings is 1. The summed E-state index contributed by atoms with van der Waals surface area (Å²) in [5, 5.41) is -0.342. The molecule has 0 amide bonds. The van der Waals surface area contributed by atoms with E-state index in [0.717, 1.165) is 0 Å². The topological polar surface area (TPSA) is 43.4 Å². The van der Waals surface area contributed by atoms with Crippen LogP contribution in [0.2, 0.25) is 0 Å². The van der Waals surface area contributed by atoms with Crippen LogP contribution in [0.1, 0.15) is 20.3 Å². The van der Waals surface area contributed by atoms with Gasteiger partial charge in [-0.25, -0.2) is 8.42 Å². The van der Waals surface area contributed by atoms with Crippen molar-refractivity contribution in [3.8, 4) is 5.75 Å². The average Bonchev–Trinajstić information content (AvgIpc) is 2.28. The molecule has 15 heavy (non-hydrogen) atoms. The van der Waals surface area contributed by atoms with Crippen LogP contribution < -0.4 is 4.74 Å². The Hall–Kier alpha value is -1.03. The minimum atomic E-state index is -3.17. The Kier molecular flexibility index (Phi) is 3.74. The average molecular weight is 228 g/mol. The van der Waals surface area contributed by atoms with Gasteiger partial charge in [-0.1, -0.05) is 6.92 Å². The zero-order valence-electron chi connectivity index (χ0n) is 9.23. The van der Waals surface area contributed by atoms with Crippen LogP contribution in [0.4, 0.5) is 0 Å². The normalized spacial score (nSPS) is 13.5. The van der Waals surface area contributed by atoms with E-state index in [1.807, 2.05) is 6.92 Å². The van der Waals surface area contributed by atoms with E-state index in [2.05, 4.69) is 0 Å². The van der Waals surface area contributed by atoms with Gasteiger partial charge in [0.05, 0.1) is 17.3 Å². The Morgan fingerprint density at radius 2 is 1.80 bits per heavy atom. The van der Waals surface area contributed by atoms with E-state index in [9.17, 15) is 8.42 Å². The van der Waals surface area contributed by atoms with Gasteiger partial charge < -0.3 is 4.74 Å². The highest BCUT2D eigenvalue weighted by molar-refractivity contribution is 7.92. The molecule has 1 rings (SSSR count). The molecule has 0 fully saturated rings. The zero-order valence-corrected chi connectivity index (χ0v) is 10.0. The number of rotatable bonds is 4. The van der Waals surface area contributed by atoms with Gasteiger partial charge in [0.2, 0.25) is 0 Å². The standard InChI is InChI=1S/C11H16O3S/c1-4-9(2)15(12,13)11-7-5-10(14-3)6-8-11/h5-9H,4H2,1-3H3. The van der Waals surface area contributed by atoms with Gasteiger partial charge in [0.15, 0.2) is 9.84 Å². The van der Waals surface area contributed by atoms with Crippen molar-refractivity contribution in [1.82, 2.24) is 0 Å². The first-order valence-corrected chi connectivity index (χ1v) is 6.45. The molecule has 1 unspecified atom stereocenters. The van der Waals surface area contributed by atoms with Crippen LogP contribution in [-0.2, 0) is 9.84 Å². The van der Waals surface area contributed by atoms with Crippen molar-refractivity contribution in [3.05, 3.63) is 24.3 Å². The molecule has 0 aliphatic rings. The van der Waals surface area contributed by atoms with Crippen molar-refractivity contribution in [2.24, 2.45) is 0 Å².